The van der Waals surface area contributed by atoms with Crippen molar-refractivity contribution >= 4 is 28.8 Å². The van der Waals surface area contributed by atoms with Gasteiger partial charge in [0.2, 0.25) is 0 Å². The number of hydrogen-bond donors (Lipinski definition) is 0. The lowest BCUT2D eigenvalue weighted by Gasteiger charge is -2.25. The Kier molecular flexibility index (Phi) is 6.04. The SMILES string of the molecule is CCN(Cc1ccccc1)C1=C(c2ccc([N+](=O)[O-])cc2)C(=O)N(c2cccc(C)c2)C1=O. The Morgan fingerprint density at radius 3 is 2.21 bits per heavy atom. The highest BCUT2D eigenvalue weighted by Crippen LogP contribution is 2.36. The molecule has 0 aliphatic carbocycles. The van der Waals surface area contributed by atoms with Gasteiger partial charge >= 0.3 is 0 Å². The molecule has 3 aromatic rings. The number of carbonyl (C=O) groups is 2. The van der Waals surface area contributed by atoms with Gasteiger partial charge in [-0.3, -0.25) is 19.7 Å². The van der Waals surface area contributed by atoms with Crippen molar-refractivity contribution < 1.29 is 14.5 Å². The molecule has 3 aromatic carbocycles. The standard InChI is InChI=1S/C26H23N3O4/c1-3-27(17-19-9-5-4-6-10-19)24-23(20-12-14-21(15-13-20)29(32)33)25(30)28(26(24)31)22-11-7-8-18(2)16-22/h4-16H,3,17H2,1-2H3. The Morgan fingerprint density at radius 2 is 1.61 bits per heavy atom. The molecule has 166 valence electrons. The summed E-state index contributed by atoms with van der Waals surface area (Å²) in [4.78, 5) is 41.0. The van der Waals surface area contributed by atoms with Crippen molar-refractivity contribution in [1.29, 1.82) is 0 Å². The molecule has 2 amide bonds. The van der Waals surface area contributed by atoms with Crippen LogP contribution in [0.5, 0.6) is 0 Å². The summed E-state index contributed by atoms with van der Waals surface area (Å²) in [5.41, 5.74) is 3.35. The van der Waals surface area contributed by atoms with E-state index in [-0.39, 0.29) is 11.3 Å². The minimum absolute atomic E-state index is 0.0788. The Bertz CT molecular complexity index is 1250. The van der Waals surface area contributed by atoms with E-state index in [0.29, 0.717) is 30.0 Å². The van der Waals surface area contributed by atoms with Crippen molar-refractivity contribution in [2.45, 2.75) is 20.4 Å². The first-order chi connectivity index (χ1) is 15.9. The highest BCUT2D eigenvalue weighted by molar-refractivity contribution is 6.45. The number of nitrogens with zero attached hydrogens (tertiary/aromatic N) is 3. The lowest BCUT2D eigenvalue weighted by molar-refractivity contribution is -0.384. The molecule has 1 aliphatic rings. The third-order valence-electron chi connectivity index (χ3n) is 5.60. The number of hydrogen-bond acceptors (Lipinski definition) is 5. The third kappa shape index (κ3) is 4.25. The molecule has 0 spiro atoms. The molecule has 1 aliphatic heterocycles. The summed E-state index contributed by atoms with van der Waals surface area (Å²) in [7, 11) is 0. The van der Waals surface area contributed by atoms with Gasteiger partial charge in [-0.2, -0.15) is 0 Å². The number of imide groups is 1. The number of likely N-dealkylation sites (N-methyl/N-ethyl adjacent to an activating group) is 1. The molecule has 0 aromatic heterocycles. The van der Waals surface area contributed by atoms with E-state index < -0.39 is 16.7 Å². The second kappa shape index (κ2) is 9.08. The van der Waals surface area contributed by atoms with E-state index in [0.717, 1.165) is 11.1 Å². The average molecular weight is 441 g/mol. The third-order valence-corrected chi connectivity index (χ3v) is 5.60. The monoisotopic (exact) mass is 441 g/mol. The van der Waals surface area contributed by atoms with Crippen molar-refractivity contribution in [1.82, 2.24) is 4.90 Å². The quantitative estimate of drug-likeness (QED) is 0.301. The molecule has 1 heterocycles. The first kappa shape index (κ1) is 22.0. The summed E-state index contributed by atoms with van der Waals surface area (Å²) >= 11 is 0. The van der Waals surface area contributed by atoms with Gasteiger partial charge < -0.3 is 4.90 Å². The summed E-state index contributed by atoms with van der Waals surface area (Å²) in [5, 5.41) is 11.1. The zero-order valence-electron chi connectivity index (χ0n) is 18.4. The summed E-state index contributed by atoms with van der Waals surface area (Å²) in [6, 6.07) is 22.7. The fourth-order valence-electron chi connectivity index (χ4n) is 3.98. The second-order valence-electron chi connectivity index (χ2n) is 7.81. The maximum atomic E-state index is 13.7. The second-order valence-corrected chi connectivity index (χ2v) is 7.81. The predicted molar refractivity (Wildman–Crippen MR) is 126 cm³/mol. The largest absolute Gasteiger partial charge is 0.362 e. The van der Waals surface area contributed by atoms with Gasteiger partial charge in [-0.05, 0) is 54.8 Å². The molecular weight excluding hydrogens is 418 g/mol. The van der Waals surface area contributed by atoms with Crippen molar-refractivity contribution in [3.63, 3.8) is 0 Å². The number of nitro benzene ring substituents is 1. The minimum Gasteiger partial charge on any atom is -0.362 e. The first-order valence-electron chi connectivity index (χ1n) is 10.6. The fraction of sp³-hybridized carbons (Fsp3) is 0.154. The van der Waals surface area contributed by atoms with E-state index in [2.05, 4.69) is 0 Å². The summed E-state index contributed by atoms with van der Waals surface area (Å²) in [5.74, 6) is -0.849. The number of amides is 2. The Hall–Kier alpha value is -4.26. The van der Waals surface area contributed by atoms with Gasteiger partial charge in [0, 0.05) is 25.2 Å². The summed E-state index contributed by atoms with van der Waals surface area (Å²) in [6.07, 6.45) is 0. The van der Waals surface area contributed by atoms with Gasteiger partial charge in [0.1, 0.15) is 5.70 Å². The number of rotatable bonds is 7. The zero-order valence-corrected chi connectivity index (χ0v) is 18.4. The van der Waals surface area contributed by atoms with Crippen LogP contribution in [0.15, 0.2) is 84.6 Å². The van der Waals surface area contributed by atoms with Gasteiger partial charge in [0.25, 0.3) is 17.5 Å². The van der Waals surface area contributed by atoms with Gasteiger partial charge in [0.05, 0.1) is 16.2 Å². The first-order valence-corrected chi connectivity index (χ1v) is 10.6. The molecule has 7 heteroatoms. The molecule has 0 radical (unpaired) electrons. The fourth-order valence-corrected chi connectivity index (χ4v) is 3.98. The molecule has 0 unspecified atom stereocenters. The van der Waals surface area contributed by atoms with E-state index >= 15 is 0 Å². The highest BCUT2D eigenvalue weighted by atomic mass is 16.6. The molecule has 0 atom stereocenters. The topological polar surface area (TPSA) is 83.8 Å². The number of non-ortho nitro benzene ring substituents is 1. The number of carbonyl (C=O) groups excluding carboxylic acids is 2. The van der Waals surface area contributed by atoms with Crippen LogP contribution in [0.1, 0.15) is 23.6 Å². The minimum atomic E-state index is -0.493. The molecule has 33 heavy (non-hydrogen) atoms. The molecule has 0 fully saturated rings. The molecule has 0 bridgehead atoms. The van der Waals surface area contributed by atoms with Crippen molar-refractivity contribution in [3.8, 4) is 0 Å². The van der Waals surface area contributed by atoms with Gasteiger partial charge in [0.15, 0.2) is 0 Å². The van der Waals surface area contributed by atoms with Crippen LogP contribution in [0.25, 0.3) is 5.57 Å². The number of benzene rings is 3. The van der Waals surface area contributed by atoms with E-state index in [1.54, 1.807) is 18.2 Å². The molecular formula is C26H23N3O4. The maximum Gasteiger partial charge on any atom is 0.282 e. The van der Waals surface area contributed by atoms with Crippen LogP contribution in [0.2, 0.25) is 0 Å². The summed E-state index contributed by atoms with van der Waals surface area (Å²) in [6.45, 7) is 4.77. The predicted octanol–water partition coefficient (Wildman–Crippen LogP) is 4.71. The van der Waals surface area contributed by atoms with E-state index in [1.807, 2.05) is 55.1 Å². The van der Waals surface area contributed by atoms with Crippen LogP contribution < -0.4 is 4.90 Å². The van der Waals surface area contributed by atoms with Crippen molar-refractivity contribution in [2.75, 3.05) is 11.4 Å². The van der Waals surface area contributed by atoms with Crippen LogP contribution in [0.3, 0.4) is 0 Å². The van der Waals surface area contributed by atoms with Gasteiger partial charge in [-0.1, -0.05) is 42.5 Å². The Balaban J connectivity index is 1.84. The lowest BCUT2D eigenvalue weighted by atomic mass is 10.0. The number of anilines is 1. The van der Waals surface area contributed by atoms with Crippen LogP contribution in [-0.4, -0.2) is 28.2 Å². The molecule has 4 rings (SSSR count). The van der Waals surface area contributed by atoms with Gasteiger partial charge in [-0.25, -0.2) is 4.90 Å². The van der Waals surface area contributed by atoms with Crippen molar-refractivity contribution in [3.05, 3.63) is 111 Å². The van der Waals surface area contributed by atoms with E-state index in [9.17, 15) is 19.7 Å². The Morgan fingerprint density at radius 1 is 0.909 bits per heavy atom. The molecule has 0 saturated carbocycles. The number of nitro groups is 1. The summed E-state index contributed by atoms with van der Waals surface area (Å²) < 4.78 is 0. The van der Waals surface area contributed by atoms with E-state index in [4.69, 9.17) is 0 Å². The van der Waals surface area contributed by atoms with Crippen LogP contribution in [0.4, 0.5) is 11.4 Å². The van der Waals surface area contributed by atoms with Crippen LogP contribution >= 0.6 is 0 Å². The molecule has 0 saturated heterocycles. The smallest absolute Gasteiger partial charge is 0.282 e. The zero-order chi connectivity index (χ0) is 23.5. The maximum absolute atomic E-state index is 13.7. The highest BCUT2D eigenvalue weighted by Gasteiger charge is 2.42. The number of aryl methyl sites for hydroxylation is 1. The van der Waals surface area contributed by atoms with E-state index in [1.165, 1.54) is 29.2 Å². The molecule has 7 nitrogen and oxygen atoms in total. The average Bonchev–Trinajstić information content (AvgIpc) is 3.08. The van der Waals surface area contributed by atoms with Crippen LogP contribution in [-0.2, 0) is 16.1 Å². The molecule has 0 N–H and O–H groups in total. The van der Waals surface area contributed by atoms with Gasteiger partial charge in [-0.15, -0.1) is 0 Å². The lowest BCUT2D eigenvalue weighted by Crippen LogP contribution is -2.35. The van der Waals surface area contributed by atoms with Crippen LogP contribution in [0, 0.1) is 17.0 Å². The van der Waals surface area contributed by atoms with Crippen molar-refractivity contribution in [2.24, 2.45) is 0 Å². The normalized spacial score (nSPS) is 13.6. The Labute approximate surface area is 191 Å².